The van der Waals surface area contributed by atoms with E-state index in [-0.39, 0.29) is 5.91 Å². The number of aromatic nitrogens is 1. The molecule has 0 aliphatic rings. The molecule has 92 valence electrons. The zero-order valence-electron chi connectivity index (χ0n) is 9.97. The Hall–Kier alpha value is -2.20. The fourth-order valence-corrected chi connectivity index (χ4v) is 1.62. The third-order valence-electron chi connectivity index (χ3n) is 2.59. The van der Waals surface area contributed by atoms with Crippen LogP contribution in [0, 0.1) is 0 Å². The van der Waals surface area contributed by atoms with Gasteiger partial charge < -0.3 is 11.1 Å². The van der Waals surface area contributed by atoms with Gasteiger partial charge in [0.05, 0.1) is 6.42 Å². The summed E-state index contributed by atoms with van der Waals surface area (Å²) in [5, 5.41) is 2.82. The van der Waals surface area contributed by atoms with Crippen molar-refractivity contribution in [3.63, 3.8) is 0 Å². The van der Waals surface area contributed by atoms with Gasteiger partial charge in [-0.05, 0) is 23.3 Å². The molecule has 1 heterocycles. The first-order valence-corrected chi connectivity index (χ1v) is 5.75. The Balaban J connectivity index is 1.94. The lowest BCUT2D eigenvalue weighted by Crippen LogP contribution is -2.14. The first-order chi connectivity index (χ1) is 8.78. The molecule has 1 amide bonds. The highest BCUT2D eigenvalue weighted by molar-refractivity contribution is 5.92. The number of rotatable bonds is 4. The number of anilines is 1. The molecule has 3 N–H and O–H groups in total. The van der Waals surface area contributed by atoms with Crippen molar-refractivity contribution in [3.8, 4) is 0 Å². The number of pyridine rings is 1. The minimum atomic E-state index is -0.0401. The summed E-state index contributed by atoms with van der Waals surface area (Å²) in [6.07, 6.45) is 3.64. The summed E-state index contributed by atoms with van der Waals surface area (Å²) in [5.74, 6) is -0.0401. The molecule has 0 radical (unpaired) electrons. The number of amides is 1. The van der Waals surface area contributed by atoms with E-state index in [1.54, 1.807) is 24.5 Å². The number of benzene rings is 1. The lowest BCUT2D eigenvalue weighted by Gasteiger charge is -2.05. The van der Waals surface area contributed by atoms with E-state index < -0.39 is 0 Å². The number of nitrogens with one attached hydrogen (secondary N) is 1. The normalized spacial score (nSPS) is 10.1. The molecule has 4 nitrogen and oxygen atoms in total. The van der Waals surface area contributed by atoms with Crippen molar-refractivity contribution in [3.05, 3.63) is 59.9 Å². The number of hydrogen-bond acceptors (Lipinski definition) is 3. The first kappa shape index (κ1) is 12.3. The highest BCUT2D eigenvalue weighted by Crippen LogP contribution is 2.07. The lowest BCUT2D eigenvalue weighted by molar-refractivity contribution is -0.115. The van der Waals surface area contributed by atoms with Gasteiger partial charge >= 0.3 is 0 Å². The molecule has 0 bridgehead atoms. The van der Waals surface area contributed by atoms with Crippen LogP contribution in [-0.2, 0) is 17.8 Å². The molecule has 0 saturated heterocycles. The summed E-state index contributed by atoms with van der Waals surface area (Å²) in [5.41, 5.74) is 8.31. The fraction of sp³-hybridized carbons (Fsp3) is 0.143. The molecule has 2 rings (SSSR count). The lowest BCUT2D eigenvalue weighted by atomic mass is 10.1. The van der Waals surface area contributed by atoms with Crippen molar-refractivity contribution in [2.24, 2.45) is 5.73 Å². The smallest absolute Gasteiger partial charge is 0.228 e. The number of hydrogen-bond donors (Lipinski definition) is 2. The van der Waals surface area contributed by atoms with Crippen LogP contribution >= 0.6 is 0 Å². The van der Waals surface area contributed by atoms with Gasteiger partial charge in [0.25, 0.3) is 0 Å². The van der Waals surface area contributed by atoms with Crippen LogP contribution in [0.2, 0.25) is 0 Å². The second-order valence-corrected chi connectivity index (χ2v) is 3.98. The van der Waals surface area contributed by atoms with Gasteiger partial charge in [0.2, 0.25) is 5.91 Å². The van der Waals surface area contributed by atoms with Gasteiger partial charge in [0.15, 0.2) is 0 Å². The maximum absolute atomic E-state index is 11.8. The summed E-state index contributed by atoms with van der Waals surface area (Å²) in [6.45, 7) is 0.517. The van der Waals surface area contributed by atoms with Crippen LogP contribution in [0.1, 0.15) is 11.1 Å². The molecule has 0 atom stereocenters. The van der Waals surface area contributed by atoms with Gasteiger partial charge in [0, 0.05) is 24.6 Å². The average molecular weight is 241 g/mol. The van der Waals surface area contributed by atoms with E-state index in [2.05, 4.69) is 10.3 Å². The Kier molecular flexibility index (Phi) is 4.04. The minimum absolute atomic E-state index is 0.0401. The molecule has 1 aromatic heterocycles. The molecule has 4 heteroatoms. The van der Waals surface area contributed by atoms with Gasteiger partial charge in [-0.25, -0.2) is 0 Å². The molecule has 1 aromatic carbocycles. The number of carbonyl (C=O) groups is 1. The molecule has 0 aliphatic carbocycles. The topological polar surface area (TPSA) is 68.0 Å². The highest BCUT2D eigenvalue weighted by atomic mass is 16.1. The third-order valence-corrected chi connectivity index (χ3v) is 2.59. The van der Waals surface area contributed by atoms with Gasteiger partial charge in [-0.3, -0.25) is 9.78 Å². The summed E-state index contributed by atoms with van der Waals surface area (Å²) in [6, 6.07) is 11.2. The largest absolute Gasteiger partial charge is 0.326 e. The molecular weight excluding hydrogens is 226 g/mol. The van der Waals surface area contributed by atoms with Gasteiger partial charge in [-0.2, -0.15) is 0 Å². The van der Waals surface area contributed by atoms with Gasteiger partial charge in [-0.15, -0.1) is 0 Å². The molecular formula is C14H15N3O. The second kappa shape index (κ2) is 5.93. The Bertz CT molecular complexity index is 508. The van der Waals surface area contributed by atoms with Crippen LogP contribution in [0.4, 0.5) is 5.69 Å². The summed E-state index contributed by atoms with van der Waals surface area (Å²) in [7, 11) is 0. The van der Waals surface area contributed by atoms with Gasteiger partial charge in [-0.1, -0.05) is 24.3 Å². The SMILES string of the molecule is NCc1ccc(CC(=O)Nc2ccncc2)cc1. The highest BCUT2D eigenvalue weighted by Gasteiger charge is 2.03. The zero-order valence-corrected chi connectivity index (χ0v) is 9.97. The van der Waals surface area contributed by atoms with Crippen LogP contribution in [0.3, 0.4) is 0 Å². The maximum Gasteiger partial charge on any atom is 0.228 e. The van der Waals surface area contributed by atoms with E-state index >= 15 is 0 Å². The van der Waals surface area contributed by atoms with Gasteiger partial charge in [0.1, 0.15) is 0 Å². The van der Waals surface area contributed by atoms with E-state index in [4.69, 9.17) is 5.73 Å². The maximum atomic E-state index is 11.8. The van der Waals surface area contributed by atoms with Crippen molar-refractivity contribution in [2.45, 2.75) is 13.0 Å². The van der Waals surface area contributed by atoms with E-state index in [1.807, 2.05) is 24.3 Å². The number of nitrogens with two attached hydrogens (primary N) is 1. The number of nitrogens with zero attached hydrogens (tertiary/aromatic N) is 1. The van der Waals surface area contributed by atoms with Crippen molar-refractivity contribution >= 4 is 11.6 Å². The Morgan fingerprint density at radius 1 is 1.06 bits per heavy atom. The Morgan fingerprint density at radius 2 is 1.67 bits per heavy atom. The van der Waals surface area contributed by atoms with Crippen molar-refractivity contribution in [1.82, 2.24) is 4.98 Å². The predicted octanol–water partition coefficient (Wildman–Crippen LogP) is 1.72. The zero-order chi connectivity index (χ0) is 12.8. The third kappa shape index (κ3) is 3.40. The summed E-state index contributed by atoms with van der Waals surface area (Å²) in [4.78, 5) is 15.7. The van der Waals surface area contributed by atoms with Crippen LogP contribution < -0.4 is 11.1 Å². The predicted molar refractivity (Wildman–Crippen MR) is 70.9 cm³/mol. The number of carbonyl (C=O) groups excluding carboxylic acids is 1. The Morgan fingerprint density at radius 3 is 2.28 bits per heavy atom. The van der Waals surface area contributed by atoms with E-state index in [0.717, 1.165) is 16.8 Å². The summed E-state index contributed by atoms with van der Waals surface area (Å²) < 4.78 is 0. The monoisotopic (exact) mass is 241 g/mol. The van der Waals surface area contributed by atoms with E-state index in [1.165, 1.54) is 0 Å². The Labute approximate surface area is 106 Å². The van der Waals surface area contributed by atoms with Crippen LogP contribution in [0.5, 0.6) is 0 Å². The van der Waals surface area contributed by atoms with Crippen LogP contribution in [-0.4, -0.2) is 10.9 Å². The van der Waals surface area contributed by atoms with Crippen molar-refractivity contribution < 1.29 is 4.79 Å². The average Bonchev–Trinajstić information content (AvgIpc) is 2.40. The molecule has 0 spiro atoms. The summed E-state index contributed by atoms with van der Waals surface area (Å²) >= 11 is 0. The van der Waals surface area contributed by atoms with E-state index in [0.29, 0.717) is 13.0 Å². The van der Waals surface area contributed by atoms with Crippen LogP contribution in [0.15, 0.2) is 48.8 Å². The molecule has 18 heavy (non-hydrogen) atoms. The van der Waals surface area contributed by atoms with Crippen molar-refractivity contribution in [1.29, 1.82) is 0 Å². The van der Waals surface area contributed by atoms with E-state index in [9.17, 15) is 4.79 Å². The first-order valence-electron chi connectivity index (χ1n) is 5.75. The molecule has 0 saturated carbocycles. The molecule has 0 aliphatic heterocycles. The fourth-order valence-electron chi connectivity index (χ4n) is 1.62. The van der Waals surface area contributed by atoms with Crippen molar-refractivity contribution in [2.75, 3.05) is 5.32 Å². The second-order valence-electron chi connectivity index (χ2n) is 3.98. The van der Waals surface area contributed by atoms with Crippen LogP contribution in [0.25, 0.3) is 0 Å². The standard InChI is InChI=1S/C14H15N3O/c15-10-12-3-1-11(2-4-12)9-14(18)17-13-5-7-16-8-6-13/h1-8H,9-10,15H2,(H,16,17,18). The molecule has 0 unspecified atom stereocenters. The molecule has 2 aromatic rings. The molecule has 0 fully saturated rings. The minimum Gasteiger partial charge on any atom is -0.326 e. The quantitative estimate of drug-likeness (QED) is 0.856.